The molecule has 6 aromatic carbocycles. The minimum Gasteiger partial charge on any atom is -0.380 e. The summed E-state index contributed by atoms with van der Waals surface area (Å²) in [6.45, 7) is 9.51. The monoisotopic (exact) mass is 615 g/mol. The van der Waals surface area contributed by atoms with E-state index in [1.807, 2.05) is 0 Å². The van der Waals surface area contributed by atoms with E-state index in [9.17, 15) is 0 Å². The first-order valence-corrected chi connectivity index (χ1v) is 17.2. The number of fused-ring (bicyclic) bond motifs is 9. The van der Waals surface area contributed by atoms with Gasteiger partial charge >= 0.3 is 0 Å². The minimum atomic E-state index is -0.0701. The Bertz CT molecular complexity index is 2590. The summed E-state index contributed by atoms with van der Waals surface area (Å²) in [6.07, 6.45) is 11.3. The lowest BCUT2D eigenvalue weighted by molar-refractivity contribution is 0.660. The third-order valence-electron chi connectivity index (χ3n) is 11.7. The van der Waals surface area contributed by atoms with Crippen LogP contribution in [0.3, 0.4) is 0 Å². The van der Waals surface area contributed by atoms with Gasteiger partial charge in [0.05, 0.1) is 6.04 Å². The predicted molar refractivity (Wildman–Crippen MR) is 202 cm³/mol. The molecule has 1 nitrogen and oxygen atoms in total. The molecule has 3 aliphatic carbocycles. The van der Waals surface area contributed by atoms with Gasteiger partial charge in [-0.2, -0.15) is 0 Å². The van der Waals surface area contributed by atoms with Crippen molar-refractivity contribution >= 4 is 22.5 Å². The summed E-state index contributed by atoms with van der Waals surface area (Å²) in [6, 6.07) is 41.3. The fourth-order valence-electron chi connectivity index (χ4n) is 9.50. The third kappa shape index (κ3) is 3.46. The molecule has 230 valence electrons. The van der Waals surface area contributed by atoms with Crippen molar-refractivity contribution in [1.82, 2.24) is 5.32 Å². The maximum absolute atomic E-state index is 3.81. The molecular formula is C47H37N. The largest absolute Gasteiger partial charge is 0.380 e. The van der Waals surface area contributed by atoms with E-state index in [0.717, 1.165) is 0 Å². The summed E-state index contributed by atoms with van der Waals surface area (Å²) in [7, 11) is 0. The Kier molecular flexibility index (Phi) is 5.53. The van der Waals surface area contributed by atoms with Crippen molar-refractivity contribution in [3.05, 3.63) is 166 Å². The van der Waals surface area contributed by atoms with Crippen molar-refractivity contribution in [2.75, 3.05) is 0 Å². The Morgan fingerprint density at radius 3 is 1.60 bits per heavy atom. The summed E-state index contributed by atoms with van der Waals surface area (Å²) in [5, 5.41) is 9.02. The average molecular weight is 616 g/mol. The molecule has 0 spiro atoms. The highest BCUT2D eigenvalue weighted by Gasteiger charge is 2.39. The molecule has 10 rings (SSSR count). The van der Waals surface area contributed by atoms with Crippen molar-refractivity contribution in [2.45, 2.75) is 44.6 Å². The second kappa shape index (κ2) is 9.58. The molecule has 1 heterocycles. The van der Waals surface area contributed by atoms with Crippen LogP contribution in [-0.4, -0.2) is 6.04 Å². The molecule has 1 unspecified atom stereocenters. The summed E-state index contributed by atoms with van der Waals surface area (Å²) in [5.74, 6) is 0. The number of rotatable bonds is 2. The molecule has 6 aromatic rings. The van der Waals surface area contributed by atoms with Gasteiger partial charge in [0.1, 0.15) is 0 Å². The molecule has 1 atom stereocenters. The molecule has 4 aliphatic rings. The zero-order chi connectivity index (χ0) is 32.4. The zero-order valence-electron chi connectivity index (χ0n) is 27.9. The molecule has 0 fully saturated rings. The first kappa shape index (κ1) is 27.7. The Morgan fingerprint density at radius 1 is 0.479 bits per heavy atom. The van der Waals surface area contributed by atoms with Gasteiger partial charge in [-0.1, -0.05) is 161 Å². The average Bonchev–Trinajstić information content (AvgIpc) is 3.50. The summed E-state index contributed by atoms with van der Waals surface area (Å²) in [5.41, 5.74) is 17.5. The normalized spacial score (nSPS) is 18.2. The lowest BCUT2D eigenvalue weighted by atomic mass is 9.79. The van der Waals surface area contributed by atoms with Crippen LogP contribution in [0.25, 0.3) is 67.1 Å². The molecule has 0 radical (unpaired) electrons. The van der Waals surface area contributed by atoms with Crippen molar-refractivity contribution < 1.29 is 0 Å². The van der Waals surface area contributed by atoms with E-state index in [2.05, 4.69) is 173 Å². The fourth-order valence-corrected chi connectivity index (χ4v) is 9.50. The van der Waals surface area contributed by atoms with E-state index in [1.54, 1.807) is 0 Å². The van der Waals surface area contributed by atoms with Crippen LogP contribution in [0.1, 0.15) is 49.9 Å². The second-order valence-electron chi connectivity index (χ2n) is 14.9. The Labute approximate surface area is 282 Å². The van der Waals surface area contributed by atoms with Crippen molar-refractivity contribution in [3.8, 4) is 44.5 Å². The fraction of sp³-hybridized carbons (Fsp3) is 0.149. The third-order valence-corrected chi connectivity index (χ3v) is 11.7. The van der Waals surface area contributed by atoms with Crippen LogP contribution in [0.15, 0.2) is 133 Å². The van der Waals surface area contributed by atoms with Gasteiger partial charge in [-0.05, 0) is 88.3 Å². The SMILES string of the molecule is CC1(C)c2ccccc2-c2c(-c3c4c(c(-c5cccc6c5-c5ccccc5C6(C)C)c5ccccc35)=C3C=CC=CC3NC=4)cccc21. The zero-order valence-corrected chi connectivity index (χ0v) is 27.9. The molecule has 1 heteroatoms. The molecule has 0 saturated carbocycles. The van der Waals surface area contributed by atoms with Gasteiger partial charge in [-0.3, -0.25) is 0 Å². The Morgan fingerprint density at radius 2 is 0.979 bits per heavy atom. The van der Waals surface area contributed by atoms with Gasteiger partial charge in [0.15, 0.2) is 0 Å². The van der Waals surface area contributed by atoms with E-state index in [4.69, 9.17) is 0 Å². The van der Waals surface area contributed by atoms with Crippen LogP contribution in [0.5, 0.6) is 0 Å². The van der Waals surface area contributed by atoms with E-state index < -0.39 is 0 Å². The smallest absolute Gasteiger partial charge is 0.0702 e. The van der Waals surface area contributed by atoms with E-state index >= 15 is 0 Å². The minimum absolute atomic E-state index is 0.0682. The highest BCUT2D eigenvalue weighted by molar-refractivity contribution is 6.11. The highest BCUT2D eigenvalue weighted by atomic mass is 14.9. The first-order valence-electron chi connectivity index (χ1n) is 17.2. The highest BCUT2D eigenvalue weighted by Crippen LogP contribution is 2.54. The van der Waals surface area contributed by atoms with Gasteiger partial charge in [-0.15, -0.1) is 0 Å². The number of hydrogen-bond acceptors (Lipinski definition) is 1. The maximum atomic E-state index is 3.81. The second-order valence-corrected chi connectivity index (χ2v) is 14.9. The first-order chi connectivity index (χ1) is 23.4. The van der Waals surface area contributed by atoms with Gasteiger partial charge in [0, 0.05) is 22.2 Å². The number of nitrogens with one attached hydrogen (secondary N) is 1. The number of benzene rings is 6. The van der Waals surface area contributed by atoms with Crippen molar-refractivity contribution in [1.29, 1.82) is 0 Å². The molecule has 1 N–H and O–H groups in total. The topological polar surface area (TPSA) is 12.0 Å². The van der Waals surface area contributed by atoms with Crippen LogP contribution in [0.2, 0.25) is 0 Å². The molecule has 48 heavy (non-hydrogen) atoms. The quantitative estimate of drug-likeness (QED) is 0.205. The van der Waals surface area contributed by atoms with Gasteiger partial charge in [-0.25, -0.2) is 0 Å². The lowest BCUT2D eigenvalue weighted by Crippen LogP contribution is -2.44. The molecular weight excluding hydrogens is 579 g/mol. The summed E-state index contributed by atoms with van der Waals surface area (Å²) < 4.78 is 0. The van der Waals surface area contributed by atoms with Gasteiger partial charge in [0.2, 0.25) is 0 Å². The van der Waals surface area contributed by atoms with Crippen LogP contribution < -0.4 is 15.8 Å². The number of allylic oxidation sites excluding steroid dienone is 2. The molecule has 0 saturated heterocycles. The van der Waals surface area contributed by atoms with Crippen LogP contribution in [0.4, 0.5) is 0 Å². The van der Waals surface area contributed by atoms with E-state index in [0.29, 0.717) is 0 Å². The van der Waals surface area contributed by atoms with Crippen LogP contribution in [0, 0.1) is 0 Å². The van der Waals surface area contributed by atoms with E-state index in [-0.39, 0.29) is 16.9 Å². The van der Waals surface area contributed by atoms with E-state index in [1.165, 1.54) is 93.5 Å². The maximum Gasteiger partial charge on any atom is 0.0702 e. The van der Waals surface area contributed by atoms with Crippen LogP contribution in [-0.2, 0) is 10.8 Å². The lowest BCUT2D eigenvalue weighted by Gasteiger charge is -2.27. The van der Waals surface area contributed by atoms with Crippen molar-refractivity contribution in [2.24, 2.45) is 0 Å². The standard InChI is InChI=1S/C47H37N/c1-46(2)36-22-10-7-17-30(36)42-33(20-13-24-38(42)46)41-28-15-5-6-16-29(28)44(45-32-19-9-12-26-40(32)48-27-35(41)45)34-21-14-25-39-43(34)31-18-8-11-23-37(31)47(39,3)4/h5-27,40,48H,1-4H3. The number of hydrogen-bond donors (Lipinski definition) is 1. The van der Waals surface area contributed by atoms with Gasteiger partial charge in [0.25, 0.3) is 0 Å². The molecule has 0 aromatic heterocycles. The molecule has 0 bridgehead atoms. The Hall–Kier alpha value is -5.40. The van der Waals surface area contributed by atoms with Crippen molar-refractivity contribution in [3.63, 3.8) is 0 Å². The Balaban J connectivity index is 1.41. The predicted octanol–water partition coefficient (Wildman–Crippen LogP) is 9.77. The summed E-state index contributed by atoms with van der Waals surface area (Å²) in [4.78, 5) is 0. The summed E-state index contributed by atoms with van der Waals surface area (Å²) >= 11 is 0. The van der Waals surface area contributed by atoms with Gasteiger partial charge < -0.3 is 5.32 Å². The molecule has 1 aliphatic heterocycles. The van der Waals surface area contributed by atoms with Crippen LogP contribution >= 0.6 is 0 Å². The molecule has 0 amide bonds.